The molecule has 0 saturated carbocycles. The maximum Gasteiger partial charge on any atom is 0.417 e. The van der Waals surface area contributed by atoms with E-state index in [2.05, 4.69) is 25.6 Å². The number of carbonyl (C=O) groups is 1. The zero-order valence-electron chi connectivity index (χ0n) is 12.1. The summed E-state index contributed by atoms with van der Waals surface area (Å²) in [6, 6.07) is 0.679. The Bertz CT molecular complexity index is 691. The van der Waals surface area contributed by atoms with Gasteiger partial charge < -0.3 is 4.90 Å². The van der Waals surface area contributed by atoms with Crippen molar-refractivity contribution in [3.63, 3.8) is 0 Å². The minimum absolute atomic E-state index is 0.220. The molecule has 0 spiro atoms. The molecule has 1 unspecified atom stereocenters. The van der Waals surface area contributed by atoms with E-state index in [1.807, 2.05) is 0 Å². The predicted molar refractivity (Wildman–Crippen MR) is 73.8 cm³/mol. The minimum Gasteiger partial charge on any atom is -0.340 e. The molecule has 2 heterocycles. The van der Waals surface area contributed by atoms with E-state index >= 15 is 0 Å². The highest BCUT2D eigenvalue weighted by atomic mass is 35.5. The van der Waals surface area contributed by atoms with E-state index in [0.29, 0.717) is 18.1 Å². The van der Waals surface area contributed by atoms with Crippen LogP contribution in [0.2, 0.25) is 5.02 Å². The van der Waals surface area contributed by atoms with Gasteiger partial charge in [0.1, 0.15) is 5.69 Å². The number of hydrogen-bond acceptors (Lipinski definition) is 5. The average Bonchev–Trinajstić information content (AvgIpc) is 2.99. The predicted octanol–water partition coefficient (Wildman–Crippen LogP) is 2.14. The van der Waals surface area contributed by atoms with Gasteiger partial charge in [0.25, 0.3) is 5.91 Å². The third-order valence-electron chi connectivity index (χ3n) is 3.07. The highest BCUT2D eigenvalue weighted by Gasteiger charge is 2.32. The van der Waals surface area contributed by atoms with Crippen LogP contribution in [-0.2, 0) is 6.18 Å². The van der Waals surface area contributed by atoms with Crippen molar-refractivity contribution in [2.24, 2.45) is 0 Å². The summed E-state index contributed by atoms with van der Waals surface area (Å²) >= 11 is 5.76. The maximum atomic E-state index is 12.6. The lowest BCUT2D eigenvalue weighted by Gasteiger charge is -2.20. The monoisotopic (exact) mass is 348 g/mol. The fourth-order valence-corrected chi connectivity index (χ4v) is 2.13. The van der Waals surface area contributed by atoms with Crippen LogP contribution in [0.3, 0.4) is 0 Å². The molecule has 23 heavy (non-hydrogen) atoms. The molecule has 0 bridgehead atoms. The van der Waals surface area contributed by atoms with Gasteiger partial charge in [-0.2, -0.15) is 18.4 Å². The number of aromatic amines is 1. The smallest absolute Gasteiger partial charge is 0.340 e. The van der Waals surface area contributed by atoms with E-state index in [0.717, 1.165) is 0 Å². The zero-order valence-corrected chi connectivity index (χ0v) is 12.9. The van der Waals surface area contributed by atoms with Crippen LogP contribution in [0.4, 0.5) is 13.2 Å². The Labute approximate surface area is 133 Å². The van der Waals surface area contributed by atoms with Gasteiger partial charge in [-0.3, -0.25) is 4.79 Å². The van der Waals surface area contributed by atoms with Crippen molar-refractivity contribution >= 4 is 17.5 Å². The number of hydrogen-bond donors (Lipinski definition) is 1. The molecule has 1 atom stereocenters. The number of H-pyrrole nitrogens is 1. The summed E-state index contributed by atoms with van der Waals surface area (Å²) in [6.45, 7) is 1.99. The second kappa shape index (κ2) is 6.49. The van der Waals surface area contributed by atoms with Gasteiger partial charge in [0.2, 0.25) is 0 Å². The first-order chi connectivity index (χ1) is 10.7. The number of alkyl halides is 3. The molecule has 7 nitrogen and oxygen atoms in total. The van der Waals surface area contributed by atoms with Crippen molar-refractivity contribution in [2.45, 2.75) is 19.0 Å². The van der Waals surface area contributed by atoms with Gasteiger partial charge in [0, 0.05) is 25.7 Å². The molecule has 2 aromatic heterocycles. The Kier molecular flexibility index (Phi) is 4.83. The van der Waals surface area contributed by atoms with Crippen molar-refractivity contribution in [2.75, 3.05) is 13.6 Å². The molecule has 0 aliphatic heterocycles. The number of aromatic nitrogens is 5. The molecule has 0 radical (unpaired) electrons. The van der Waals surface area contributed by atoms with Crippen LogP contribution >= 0.6 is 11.6 Å². The highest BCUT2D eigenvalue weighted by molar-refractivity contribution is 6.33. The highest BCUT2D eigenvalue weighted by Crippen LogP contribution is 2.31. The minimum atomic E-state index is -4.57. The molecule has 2 rings (SSSR count). The third kappa shape index (κ3) is 3.95. The van der Waals surface area contributed by atoms with E-state index in [1.165, 1.54) is 11.9 Å². The summed E-state index contributed by atoms with van der Waals surface area (Å²) in [7, 11) is 1.48. The molecule has 0 aliphatic rings. The number of tetrazole rings is 1. The molecule has 2 aromatic rings. The zero-order chi connectivity index (χ0) is 17.2. The summed E-state index contributed by atoms with van der Waals surface area (Å²) in [5.74, 6) is -0.411. The van der Waals surface area contributed by atoms with Crippen LogP contribution in [0, 0.1) is 0 Å². The van der Waals surface area contributed by atoms with E-state index in [9.17, 15) is 18.0 Å². The maximum absolute atomic E-state index is 12.6. The van der Waals surface area contributed by atoms with Gasteiger partial charge in [0.05, 0.1) is 10.6 Å². The van der Waals surface area contributed by atoms with Gasteiger partial charge in [-0.25, -0.2) is 4.98 Å². The van der Waals surface area contributed by atoms with E-state index in [1.54, 1.807) is 6.92 Å². The Morgan fingerprint density at radius 1 is 1.48 bits per heavy atom. The molecule has 0 aromatic carbocycles. The molecule has 0 saturated heterocycles. The van der Waals surface area contributed by atoms with Gasteiger partial charge >= 0.3 is 6.18 Å². The Morgan fingerprint density at radius 2 is 2.17 bits per heavy atom. The molecule has 1 amide bonds. The van der Waals surface area contributed by atoms with Crippen LogP contribution < -0.4 is 0 Å². The SMILES string of the molecule is CC(CN(C)C(=O)c1ncc(C(F)(F)F)cc1Cl)c1nn[nH]n1. The van der Waals surface area contributed by atoms with E-state index in [4.69, 9.17) is 11.6 Å². The lowest BCUT2D eigenvalue weighted by atomic mass is 10.1. The molecule has 124 valence electrons. The molecular formula is C12H12ClF3N6O. The molecule has 11 heteroatoms. The van der Waals surface area contributed by atoms with Crippen molar-refractivity contribution < 1.29 is 18.0 Å². The second-order valence-corrected chi connectivity index (χ2v) is 5.32. The van der Waals surface area contributed by atoms with Crippen LogP contribution in [-0.4, -0.2) is 50.0 Å². The average molecular weight is 349 g/mol. The normalized spacial score (nSPS) is 13.0. The number of nitrogens with one attached hydrogen (secondary N) is 1. The van der Waals surface area contributed by atoms with Gasteiger partial charge in [0.15, 0.2) is 5.82 Å². The Balaban J connectivity index is 2.13. The van der Waals surface area contributed by atoms with Crippen LogP contribution in [0.25, 0.3) is 0 Å². The fraction of sp³-hybridized carbons (Fsp3) is 0.417. The summed E-state index contributed by atoms with van der Waals surface area (Å²) in [6.07, 6.45) is -3.99. The third-order valence-corrected chi connectivity index (χ3v) is 3.36. The first-order valence-corrected chi connectivity index (χ1v) is 6.79. The largest absolute Gasteiger partial charge is 0.417 e. The van der Waals surface area contributed by atoms with Crippen molar-refractivity contribution in [3.8, 4) is 0 Å². The van der Waals surface area contributed by atoms with Crippen molar-refractivity contribution in [1.82, 2.24) is 30.5 Å². The number of nitrogens with zero attached hydrogens (tertiary/aromatic N) is 5. The van der Waals surface area contributed by atoms with Crippen molar-refractivity contribution in [1.29, 1.82) is 0 Å². The second-order valence-electron chi connectivity index (χ2n) is 4.91. The molecule has 0 aliphatic carbocycles. The Morgan fingerprint density at radius 3 is 2.70 bits per heavy atom. The number of pyridine rings is 1. The first kappa shape index (κ1) is 17.1. The van der Waals surface area contributed by atoms with Crippen LogP contribution in [0.15, 0.2) is 12.3 Å². The molecular weight excluding hydrogens is 337 g/mol. The van der Waals surface area contributed by atoms with Gasteiger partial charge in [-0.15, -0.1) is 10.2 Å². The van der Waals surface area contributed by atoms with Gasteiger partial charge in [-0.1, -0.05) is 23.7 Å². The van der Waals surface area contributed by atoms with Crippen LogP contribution in [0.1, 0.15) is 34.7 Å². The summed E-state index contributed by atoms with van der Waals surface area (Å²) < 4.78 is 37.7. The number of carbonyl (C=O) groups excluding carboxylic acids is 1. The number of amides is 1. The van der Waals surface area contributed by atoms with E-state index in [-0.39, 0.29) is 23.2 Å². The van der Waals surface area contributed by atoms with Crippen molar-refractivity contribution in [3.05, 3.63) is 34.4 Å². The number of halogens is 4. The summed E-state index contributed by atoms with van der Waals surface area (Å²) in [5, 5.41) is 13.0. The molecule has 1 N–H and O–H groups in total. The number of rotatable bonds is 4. The lowest BCUT2D eigenvalue weighted by Crippen LogP contribution is -2.31. The quantitative estimate of drug-likeness (QED) is 0.914. The first-order valence-electron chi connectivity index (χ1n) is 6.41. The van der Waals surface area contributed by atoms with E-state index < -0.39 is 17.6 Å². The Hall–Kier alpha value is -2.23. The fourth-order valence-electron chi connectivity index (χ4n) is 1.88. The topological polar surface area (TPSA) is 87.7 Å². The lowest BCUT2D eigenvalue weighted by molar-refractivity contribution is -0.137. The van der Waals surface area contributed by atoms with Crippen LogP contribution in [0.5, 0.6) is 0 Å². The van der Waals surface area contributed by atoms with Gasteiger partial charge in [-0.05, 0) is 6.07 Å². The summed E-state index contributed by atoms with van der Waals surface area (Å²) in [4.78, 5) is 17.1. The summed E-state index contributed by atoms with van der Waals surface area (Å²) in [5.41, 5.74) is -1.26. The number of likely N-dealkylation sites (N-methyl/N-ethyl adjacent to an activating group) is 1. The standard InChI is InChI=1S/C12H12ClF3N6O/c1-6(10-18-20-21-19-10)5-22(2)11(23)9-8(13)3-7(4-17-9)12(14,15)16/h3-4,6H,5H2,1-2H3,(H,18,19,20,21). The molecule has 0 fully saturated rings.